The molecule has 0 heterocycles. The van der Waals surface area contributed by atoms with Gasteiger partial charge in [0.2, 0.25) is 0 Å². The molecule has 0 spiro atoms. The molecule has 1 saturated carbocycles. The van der Waals surface area contributed by atoms with Gasteiger partial charge in [-0.2, -0.15) is 0 Å². The zero-order valence-electron chi connectivity index (χ0n) is 11.1. The summed E-state index contributed by atoms with van der Waals surface area (Å²) in [5.41, 5.74) is 0.976. The Labute approximate surface area is 108 Å². The predicted molar refractivity (Wildman–Crippen MR) is 73.0 cm³/mol. The normalized spacial score (nSPS) is 16.8. The first kappa shape index (κ1) is 12.9. The molecular weight excluding hydrogens is 226 g/mol. The third-order valence-electron chi connectivity index (χ3n) is 3.85. The molecule has 3 heteroatoms. The molecule has 1 aliphatic rings. The number of carboxylic acid groups (broad SMARTS) is 1. The zero-order valence-corrected chi connectivity index (χ0v) is 11.1. The van der Waals surface area contributed by atoms with Crippen LogP contribution in [-0.4, -0.2) is 17.1 Å². The molecule has 0 saturated heterocycles. The highest BCUT2D eigenvalue weighted by Crippen LogP contribution is 2.32. The van der Waals surface area contributed by atoms with Gasteiger partial charge in [-0.3, -0.25) is 4.79 Å². The highest BCUT2D eigenvalue weighted by Gasteiger charge is 2.32. The lowest BCUT2D eigenvalue weighted by Gasteiger charge is -2.25. The average Bonchev–Trinajstić information content (AvgIpc) is 2.82. The van der Waals surface area contributed by atoms with Crippen molar-refractivity contribution in [3.8, 4) is 0 Å². The molecule has 2 N–H and O–H groups in total. The maximum Gasteiger partial charge on any atom is 0.313 e. The first-order valence-corrected chi connectivity index (χ1v) is 6.61. The molecule has 0 aliphatic heterocycles. The smallest absolute Gasteiger partial charge is 0.313 e. The molecule has 18 heavy (non-hydrogen) atoms. The van der Waals surface area contributed by atoms with Crippen molar-refractivity contribution < 1.29 is 9.90 Å². The van der Waals surface area contributed by atoms with Crippen LogP contribution in [0.1, 0.15) is 45.1 Å². The van der Waals surface area contributed by atoms with Crippen LogP contribution in [0.5, 0.6) is 0 Å². The van der Waals surface area contributed by atoms with E-state index in [0.717, 1.165) is 11.3 Å². The molecule has 0 aromatic heterocycles. The van der Waals surface area contributed by atoms with Crippen LogP contribution in [0.15, 0.2) is 24.3 Å². The third kappa shape index (κ3) is 2.50. The molecular formula is C15H21NO2. The van der Waals surface area contributed by atoms with Crippen molar-refractivity contribution in [3.05, 3.63) is 29.8 Å². The lowest BCUT2D eigenvalue weighted by Crippen LogP contribution is -2.30. The molecule has 1 fully saturated rings. The standard InChI is InChI=1S/C15H21NO2/c1-15(2,14(17)18)12-9-5-6-10-13(12)16-11-7-3-4-8-11/h5-6,9-11,16H,3-4,7-8H2,1-2H3,(H,17,18). The van der Waals surface area contributed by atoms with Crippen molar-refractivity contribution in [1.29, 1.82) is 0 Å². The number of anilines is 1. The fourth-order valence-corrected chi connectivity index (χ4v) is 2.56. The number of benzene rings is 1. The fourth-order valence-electron chi connectivity index (χ4n) is 2.56. The summed E-state index contributed by atoms with van der Waals surface area (Å²) in [6, 6.07) is 8.25. The summed E-state index contributed by atoms with van der Waals surface area (Å²) >= 11 is 0. The number of hydrogen-bond acceptors (Lipinski definition) is 2. The Hall–Kier alpha value is -1.51. The Balaban J connectivity index is 2.27. The number of hydrogen-bond donors (Lipinski definition) is 2. The summed E-state index contributed by atoms with van der Waals surface area (Å²) in [7, 11) is 0. The van der Waals surface area contributed by atoms with E-state index >= 15 is 0 Å². The summed E-state index contributed by atoms with van der Waals surface area (Å²) in [6.45, 7) is 3.51. The van der Waals surface area contributed by atoms with Crippen LogP contribution in [0.2, 0.25) is 0 Å². The molecule has 0 unspecified atom stereocenters. The van der Waals surface area contributed by atoms with E-state index in [-0.39, 0.29) is 0 Å². The van der Waals surface area contributed by atoms with Crippen LogP contribution >= 0.6 is 0 Å². The van der Waals surface area contributed by atoms with Crippen molar-refractivity contribution in [3.63, 3.8) is 0 Å². The van der Waals surface area contributed by atoms with Gasteiger partial charge in [0.15, 0.2) is 0 Å². The van der Waals surface area contributed by atoms with Gasteiger partial charge in [0, 0.05) is 11.7 Å². The number of para-hydroxylation sites is 1. The summed E-state index contributed by atoms with van der Waals surface area (Å²) in [5, 5.41) is 12.9. The molecule has 98 valence electrons. The SMILES string of the molecule is CC(C)(C(=O)O)c1ccccc1NC1CCCC1. The quantitative estimate of drug-likeness (QED) is 0.857. The number of nitrogens with one attached hydrogen (secondary N) is 1. The topological polar surface area (TPSA) is 49.3 Å². The van der Waals surface area contributed by atoms with Crippen molar-refractivity contribution in [2.24, 2.45) is 0 Å². The monoisotopic (exact) mass is 247 g/mol. The van der Waals surface area contributed by atoms with Gasteiger partial charge in [-0.15, -0.1) is 0 Å². The van der Waals surface area contributed by atoms with E-state index in [0.29, 0.717) is 6.04 Å². The summed E-state index contributed by atoms with van der Waals surface area (Å²) in [4.78, 5) is 11.4. The van der Waals surface area contributed by atoms with E-state index in [1.54, 1.807) is 13.8 Å². The largest absolute Gasteiger partial charge is 0.481 e. The van der Waals surface area contributed by atoms with Gasteiger partial charge < -0.3 is 10.4 Å². The molecule has 0 radical (unpaired) electrons. The second-order valence-corrected chi connectivity index (χ2v) is 5.60. The van der Waals surface area contributed by atoms with Crippen LogP contribution in [-0.2, 0) is 10.2 Å². The maximum atomic E-state index is 11.4. The molecule has 0 atom stereocenters. The summed E-state index contributed by atoms with van der Waals surface area (Å²) in [5.74, 6) is -0.789. The van der Waals surface area contributed by atoms with E-state index in [1.807, 2.05) is 24.3 Å². The minimum atomic E-state index is -0.859. The van der Waals surface area contributed by atoms with E-state index in [4.69, 9.17) is 0 Å². The molecule has 0 amide bonds. The predicted octanol–water partition coefficient (Wildman–Crippen LogP) is 3.40. The summed E-state index contributed by atoms with van der Waals surface area (Å²) < 4.78 is 0. The van der Waals surface area contributed by atoms with Crippen molar-refractivity contribution in [2.45, 2.75) is 51.0 Å². The van der Waals surface area contributed by atoms with E-state index in [1.165, 1.54) is 25.7 Å². The Morgan fingerprint density at radius 1 is 1.28 bits per heavy atom. The van der Waals surface area contributed by atoms with Gasteiger partial charge in [-0.05, 0) is 38.3 Å². The number of carboxylic acids is 1. The highest BCUT2D eigenvalue weighted by atomic mass is 16.4. The Bertz CT molecular complexity index is 434. The first-order valence-electron chi connectivity index (χ1n) is 6.61. The average molecular weight is 247 g/mol. The second-order valence-electron chi connectivity index (χ2n) is 5.60. The molecule has 1 aromatic carbocycles. The minimum absolute atomic E-state index is 0.496. The Morgan fingerprint density at radius 3 is 2.50 bits per heavy atom. The highest BCUT2D eigenvalue weighted by molar-refractivity contribution is 5.83. The van der Waals surface area contributed by atoms with Gasteiger partial charge in [-0.1, -0.05) is 31.0 Å². The molecule has 3 nitrogen and oxygen atoms in total. The van der Waals surface area contributed by atoms with Crippen molar-refractivity contribution in [2.75, 3.05) is 5.32 Å². The number of rotatable bonds is 4. The molecule has 1 aromatic rings. The molecule has 2 rings (SSSR count). The zero-order chi connectivity index (χ0) is 13.2. The lowest BCUT2D eigenvalue weighted by molar-refractivity contribution is -0.142. The second kappa shape index (κ2) is 5.01. The van der Waals surface area contributed by atoms with E-state index < -0.39 is 11.4 Å². The van der Waals surface area contributed by atoms with Crippen molar-refractivity contribution in [1.82, 2.24) is 0 Å². The van der Waals surface area contributed by atoms with Crippen LogP contribution in [0.4, 0.5) is 5.69 Å². The Kier molecular flexibility index (Phi) is 3.60. The first-order chi connectivity index (χ1) is 8.51. The maximum absolute atomic E-state index is 11.4. The van der Waals surface area contributed by atoms with Crippen LogP contribution < -0.4 is 5.32 Å². The minimum Gasteiger partial charge on any atom is -0.481 e. The van der Waals surface area contributed by atoms with E-state index in [9.17, 15) is 9.90 Å². The van der Waals surface area contributed by atoms with Gasteiger partial charge in [0.1, 0.15) is 0 Å². The van der Waals surface area contributed by atoms with Crippen LogP contribution in [0.25, 0.3) is 0 Å². The van der Waals surface area contributed by atoms with Gasteiger partial charge in [0.05, 0.1) is 5.41 Å². The third-order valence-corrected chi connectivity index (χ3v) is 3.85. The molecule has 0 bridgehead atoms. The lowest BCUT2D eigenvalue weighted by atomic mass is 9.83. The molecule has 1 aliphatic carbocycles. The summed E-state index contributed by atoms with van der Waals surface area (Å²) in [6.07, 6.45) is 4.90. The van der Waals surface area contributed by atoms with Gasteiger partial charge >= 0.3 is 5.97 Å². The number of carbonyl (C=O) groups is 1. The van der Waals surface area contributed by atoms with Gasteiger partial charge in [0.25, 0.3) is 0 Å². The van der Waals surface area contributed by atoms with E-state index in [2.05, 4.69) is 5.32 Å². The van der Waals surface area contributed by atoms with Gasteiger partial charge in [-0.25, -0.2) is 0 Å². The van der Waals surface area contributed by atoms with Crippen molar-refractivity contribution >= 4 is 11.7 Å². The van der Waals surface area contributed by atoms with Crippen LogP contribution in [0.3, 0.4) is 0 Å². The van der Waals surface area contributed by atoms with Crippen LogP contribution in [0, 0.1) is 0 Å². The fraction of sp³-hybridized carbons (Fsp3) is 0.533. The number of aliphatic carboxylic acids is 1. The Morgan fingerprint density at radius 2 is 1.89 bits per heavy atom.